The molecule has 4 fully saturated rings. The highest BCUT2D eigenvalue weighted by Crippen LogP contribution is 2.42. The molecule has 2 aromatic heterocycles. The molecule has 4 aliphatic heterocycles. The number of piperazine rings is 1. The first kappa shape index (κ1) is 26.4. The lowest BCUT2D eigenvalue weighted by molar-refractivity contribution is 0.107. The quantitative estimate of drug-likeness (QED) is 0.320. The van der Waals surface area contributed by atoms with Gasteiger partial charge in [0.15, 0.2) is 10.9 Å². The van der Waals surface area contributed by atoms with Gasteiger partial charge in [0.1, 0.15) is 29.9 Å². The van der Waals surface area contributed by atoms with E-state index >= 15 is 4.39 Å². The Balaban J connectivity index is 1.21. The molecule has 0 bridgehead atoms. The molecule has 0 radical (unpaired) electrons. The van der Waals surface area contributed by atoms with Crippen molar-refractivity contribution in [2.75, 3.05) is 63.1 Å². The number of aromatic nitrogens is 3. The number of nitrogen functional groups attached to an aromatic ring is 1. The van der Waals surface area contributed by atoms with Gasteiger partial charge in [-0.25, -0.2) is 18.2 Å². The van der Waals surface area contributed by atoms with Crippen LogP contribution in [0.15, 0.2) is 24.3 Å². The lowest BCUT2D eigenvalue weighted by atomic mass is 9.88. The van der Waals surface area contributed by atoms with E-state index in [1.54, 1.807) is 12.1 Å². The van der Waals surface area contributed by atoms with E-state index in [-0.39, 0.29) is 44.6 Å². The monoisotopic (exact) mass is 596 g/mol. The van der Waals surface area contributed by atoms with Crippen molar-refractivity contribution in [3.8, 4) is 17.1 Å². The van der Waals surface area contributed by atoms with E-state index in [1.807, 2.05) is 0 Å². The molecule has 42 heavy (non-hydrogen) atoms. The van der Waals surface area contributed by atoms with Gasteiger partial charge in [-0.1, -0.05) is 17.4 Å². The van der Waals surface area contributed by atoms with Gasteiger partial charge < -0.3 is 26.0 Å². The lowest BCUT2D eigenvalue weighted by Crippen LogP contribution is -2.76. The molecule has 9 nitrogen and oxygen atoms in total. The maximum absolute atomic E-state index is 16.5. The fourth-order valence-corrected chi connectivity index (χ4v) is 8.12. The highest BCUT2D eigenvalue weighted by atomic mass is 32.1. The zero-order chi connectivity index (χ0) is 28.6. The van der Waals surface area contributed by atoms with Gasteiger partial charge in [-0.3, -0.25) is 4.90 Å². The molecule has 0 amide bonds. The lowest BCUT2D eigenvalue weighted by Gasteiger charge is -2.53. The number of benzene rings is 2. The molecule has 0 aliphatic carbocycles. The molecule has 220 valence electrons. The maximum Gasteiger partial charge on any atom is 0.319 e. The minimum Gasteiger partial charge on any atom is -0.461 e. The van der Waals surface area contributed by atoms with Crippen LogP contribution in [-0.4, -0.2) is 89.5 Å². The molecule has 6 heterocycles. The topological polar surface area (TPSA) is 104 Å². The maximum atomic E-state index is 16.5. The van der Waals surface area contributed by atoms with E-state index in [9.17, 15) is 8.78 Å². The third-order valence-corrected chi connectivity index (χ3v) is 10.2. The summed E-state index contributed by atoms with van der Waals surface area (Å²) < 4.78 is 51.9. The number of anilines is 2. The highest BCUT2D eigenvalue weighted by molar-refractivity contribution is 7.22. The normalized spacial score (nSPS) is 25.4. The Morgan fingerprint density at radius 1 is 1.07 bits per heavy atom. The third kappa shape index (κ3) is 4.12. The first-order valence-corrected chi connectivity index (χ1v) is 15.2. The van der Waals surface area contributed by atoms with Crippen molar-refractivity contribution >= 4 is 43.4 Å². The number of fused-ring (bicyclic) bond motifs is 3. The molecule has 2 atom stereocenters. The molecular weight excluding hydrogens is 565 g/mol. The van der Waals surface area contributed by atoms with Crippen LogP contribution in [-0.2, 0) is 0 Å². The van der Waals surface area contributed by atoms with E-state index in [0.717, 1.165) is 50.4 Å². The Bertz CT molecular complexity index is 1700. The van der Waals surface area contributed by atoms with E-state index in [2.05, 4.69) is 30.4 Å². The Morgan fingerprint density at radius 3 is 2.76 bits per heavy atom. The summed E-state index contributed by atoms with van der Waals surface area (Å²) in [5.41, 5.74) is 6.52. The number of nitrogens with one attached hydrogen (secondary N) is 2. The molecule has 4 aromatic rings. The SMILES string of the molecule is Nc1nc2c(-c3ccc4c(N5CC6(CNCCN6)C5)nc(OC[C@@]56CCCN5C[C@H](F)C6)nc4c3F)ccc(F)c2s1. The Kier molecular flexibility index (Phi) is 6.05. The van der Waals surface area contributed by atoms with Crippen LogP contribution < -0.4 is 26.0 Å². The summed E-state index contributed by atoms with van der Waals surface area (Å²) in [7, 11) is 0. The predicted molar refractivity (Wildman–Crippen MR) is 157 cm³/mol. The largest absolute Gasteiger partial charge is 0.461 e. The van der Waals surface area contributed by atoms with Crippen LogP contribution in [0.3, 0.4) is 0 Å². The molecule has 0 saturated carbocycles. The van der Waals surface area contributed by atoms with Crippen LogP contribution in [0, 0.1) is 11.6 Å². The molecule has 8 rings (SSSR count). The summed E-state index contributed by atoms with van der Waals surface area (Å²) in [4.78, 5) is 17.9. The fraction of sp³-hybridized carbons (Fsp3) is 0.483. The van der Waals surface area contributed by atoms with Gasteiger partial charge in [0.25, 0.3) is 0 Å². The number of rotatable bonds is 5. The predicted octanol–water partition coefficient (Wildman–Crippen LogP) is 3.47. The number of hydrogen-bond acceptors (Lipinski definition) is 10. The zero-order valence-electron chi connectivity index (χ0n) is 22.9. The van der Waals surface area contributed by atoms with E-state index < -0.39 is 17.8 Å². The smallest absolute Gasteiger partial charge is 0.319 e. The molecule has 4 N–H and O–H groups in total. The second-order valence-electron chi connectivity index (χ2n) is 12.1. The minimum absolute atomic E-state index is 0.0647. The number of alkyl halides is 1. The van der Waals surface area contributed by atoms with Crippen molar-refractivity contribution in [1.82, 2.24) is 30.5 Å². The molecule has 0 unspecified atom stereocenters. The van der Waals surface area contributed by atoms with E-state index in [1.165, 1.54) is 12.1 Å². The van der Waals surface area contributed by atoms with Crippen molar-refractivity contribution in [2.24, 2.45) is 0 Å². The van der Waals surface area contributed by atoms with Gasteiger partial charge >= 0.3 is 6.01 Å². The second-order valence-corrected chi connectivity index (χ2v) is 13.1. The summed E-state index contributed by atoms with van der Waals surface area (Å²) in [5.74, 6) is -0.431. The van der Waals surface area contributed by atoms with Crippen LogP contribution in [0.5, 0.6) is 6.01 Å². The minimum atomic E-state index is -0.886. The zero-order valence-corrected chi connectivity index (χ0v) is 23.7. The summed E-state index contributed by atoms with van der Waals surface area (Å²) in [5, 5.41) is 7.82. The fourth-order valence-electron chi connectivity index (χ4n) is 7.36. The summed E-state index contributed by atoms with van der Waals surface area (Å²) in [6, 6.07) is 6.35. The van der Waals surface area contributed by atoms with Crippen LogP contribution in [0.4, 0.5) is 24.1 Å². The Morgan fingerprint density at radius 2 is 1.93 bits per heavy atom. The molecule has 13 heteroatoms. The number of nitrogens with zero attached hydrogens (tertiary/aromatic N) is 5. The van der Waals surface area contributed by atoms with Crippen molar-refractivity contribution in [2.45, 2.75) is 36.5 Å². The highest BCUT2D eigenvalue weighted by Gasteiger charge is 2.50. The average Bonchev–Trinajstić information content (AvgIpc) is 3.63. The third-order valence-electron chi connectivity index (χ3n) is 9.35. The summed E-state index contributed by atoms with van der Waals surface area (Å²) in [6.45, 7) is 5.54. The Labute approximate surface area is 244 Å². The van der Waals surface area contributed by atoms with Crippen molar-refractivity contribution in [3.63, 3.8) is 0 Å². The van der Waals surface area contributed by atoms with Gasteiger partial charge in [-0.15, -0.1) is 0 Å². The molecular formula is C29H31F3N8OS. The van der Waals surface area contributed by atoms with Crippen LogP contribution in [0.1, 0.15) is 19.3 Å². The van der Waals surface area contributed by atoms with Gasteiger partial charge in [-0.2, -0.15) is 9.97 Å². The van der Waals surface area contributed by atoms with Crippen LogP contribution >= 0.6 is 11.3 Å². The Hall–Kier alpha value is -3.26. The van der Waals surface area contributed by atoms with Crippen molar-refractivity contribution in [1.29, 1.82) is 0 Å². The van der Waals surface area contributed by atoms with Crippen molar-refractivity contribution < 1.29 is 17.9 Å². The van der Waals surface area contributed by atoms with E-state index in [0.29, 0.717) is 48.3 Å². The van der Waals surface area contributed by atoms with Gasteiger partial charge in [0.05, 0.1) is 21.3 Å². The number of ether oxygens (including phenoxy) is 1. The standard InChI is InChI=1S/C29H31F3N8OS/c30-16-10-29(6-1-9-40(29)11-16)15-41-27-37-22-19(25(38-27)39-13-28(14-39)12-34-7-8-35-28)3-2-17(21(22)32)18-4-5-20(31)24-23(18)36-26(33)42-24/h2-5,16,34-35H,1,6-15H2,(H2,33,36)/t16-,29+/m1/s1. The first-order valence-electron chi connectivity index (χ1n) is 14.4. The molecule has 4 saturated heterocycles. The van der Waals surface area contributed by atoms with Gasteiger partial charge in [0.2, 0.25) is 0 Å². The molecule has 4 aliphatic rings. The second kappa shape index (κ2) is 9.63. The average molecular weight is 597 g/mol. The van der Waals surface area contributed by atoms with Gasteiger partial charge in [-0.05, 0) is 37.6 Å². The van der Waals surface area contributed by atoms with Crippen LogP contribution in [0.2, 0.25) is 0 Å². The number of nitrogens with two attached hydrogens (primary N) is 1. The number of hydrogen-bond donors (Lipinski definition) is 3. The number of halogens is 3. The number of thiazole rings is 1. The van der Waals surface area contributed by atoms with Crippen molar-refractivity contribution in [3.05, 3.63) is 35.9 Å². The van der Waals surface area contributed by atoms with E-state index in [4.69, 9.17) is 15.5 Å². The molecule has 1 spiro atoms. The first-order chi connectivity index (χ1) is 20.3. The molecule has 2 aromatic carbocycles. The van der Waals surface area contributed by atoms with Crippen LogP contribution in [0.25, 0.3) is 32.2 Å². The summed E-state index contributed by atoms with van der Waals surface area (Å²) in [6.07, 6.45) is 1.36. The van der Waals surface area contributed by atoms with Gasteiger partial charge in [0, 0.05) is 62.2 Å². The summed E-state index contributed by atoms with van der Waals surface area (Å²) >= 11 is 1.03.